The second-order valence-corrected chi connectivity index (χ2v) is 7.57. The van der Waals surface area contributed by atoms with Crippen molar-refractivity contribution in [3.63, 3.8) is 0 Å². The Morgan fingerprint density at radius 3 is 2.75 bits per heavy atom. The number of carbonyl (C=O) groups is 1. The van der Waals surface area contributed by atoms with Crippen molar-refractivity contribution in [2.45, 2.75) is 16.5 Å². The van der Waals surface area contributed by atoms with Crippen LogP contribution in [0.25, 0.3) is 11.3 Å². The SMILES string of the molecule is CC(Sc1nc(-c2ccccc2)cs1)C(=O)Nc1cccc(F)c1. The number of benzene rings is 2. The molecule has 0 saturated carbocycles. The smallest absolute Gasteiger partial charge is 0.237 e. The summed E-state index contributed by atoms with van der Waals surface area (Å²) in [5, 5.41) is 4.37. The lowest BCUT2D eigenvalue weighted by atomic mass is 10.2. The lowest BCUT2D eigenvalue weighted by Crippen LogP contribution is -2.22. The molecule has 0 bridgehead atoms. The van der Waals surface area contributed by atoms with Gasteiger partial charge in [-0.2, -0.15) is 0 Å². The topological polar surface area (TPSA) is 42.0 Å². The van der Waals surface area contributed by atoms with Crippen LogP contribution in [0.4, 0.5) is 10.1 Å². The van der Waals surface area contributed by atoms with Crippen LogP contribution in [0, 0.1) is 5.82 Å². The molecule has 1 amide bonds. The summed E-state index contributed by atoms with van der Waals surface area (Å²) in [6, 6.07) is 15.8. The minimum Gasteiger partial charge on any atom is -0.325 e. The number of nitrogens with zero attached hydrogens (tertiary/aromatic N) is 1. The maximum absolute atomic E-state index is 13.2. The van der Waals surface area contributed by atoms with Crippen molar-refractivity contribution in [1.29, 1.82) is 0 Å². The number of hydrogen-bond donors (Lipinski definition) is 1. The minimum absolute atomic E-state index is 0.179. The van der Waals surface area contributed by atoms with Gasteiger partial charge in [-0.1, -0.05) is 48.2 Å². The molecular formula is C18H15FN2OS2. The third-order valence-electron chi connectivity index (χ3n) is 3.29. The maximum atomic E-state index is 13.2. The molecule has 0 aliphatic rings. The van der Waals surface area contributed by atoms with Crippen LogP contribution < -0.4 is 5.32 Å². The summed E-state index contributed by atoms with van der Waals surface area (Å²) in [4.78, 5) is 16.8. The van der Waals surface area contributed by atoms with E-state index in [1.807, 2.05) is 42.6 Å². The molecule has 1 heterocycles. The Labute approximate surface area is 148 Å². The number of nitrogens with one attached hydrogen (secondary N) is 1. The summed E-state index contributed by atoms with van der Waals surface area (Å²) < 4.78 is 14.0. The number of carbonyl (C=O) groups excluding carboxylic acids is 1. The fourth-order valence-corrected chi connectivity index (χ4v) is 4.04. The van der Waals surface area contributed by atoms with Gasteiger partial charge in [-0.05, 0) is 25.1 Å². The van der Waals surface area contributed by atoms with E-state index in [0.717, 1.165) is 15.6 Å². The zero-order valence-corrected chi connectivity index (χ0v) is 14.5. The molecule has 0 aliphatic carbocycles. The summed E-state index contributed by atoms with van der Waals surface area (Å²) in [5.74, 6) is -0.553. The van der Waals surface area contributed by atoms with Crippen LogP contribution in [-0.2, 0) is 4.79 Å². The molecule has 0 aliphatic heterocycles. The molecule has 3 aromatic rings. The Kier molecular flexibility index (Phi) is 5.27. The highest BCUT2D eigenvalue weighted by Gasteiger charge is 2.17. The molecule has 1 atom stereocenters. The van der Waals surface area contributed by atoms with Crippen LogP contribution >= 0.6 is 23.1 Å². The van der Waals surface area contributed by atoms with Gasteiger partial charge in [-0.3, -0.25) is 4.79 Å². The number of aromatic nitrogens is 1. The number of anilines is 1. The van der Waals surface area contributed by atoms with Crippen LogP contribution in [0.5, 0.6) is 0 Å². The molecule has 0 fully saturated rings. The highest BCUT2D eigenvalue weighted by molar-refractivity contribution is 8.02. The van der Waals surface area contributed by atoms with Crippen molar-refractivity contribution in [1.82, 2.24) is 4.98 Å². The monoisotopic (exact) mass is 358 g/mol. The summed E-state index contributed by atoms with van der Waals surface area (Å²) in [5.41, 5.74) is 2.41. The number of rotatable bonds is 5. The standard InChI is InChI=1S/C18H15FN2OS2/c1-12(17(22)20-15-9-5-8-14(19)10-15)24-18-21-16(11-23-18)13-6-3-2-4-7-13/h2-12H,1H3,(H,20,22). The molecule has 0 radical (unpaired) electrons. The van der Waals surface area contributed by atoms with Gasteiger partial charge in [0, 0.05) is 16.6 Å². The van der Waals surface area contributed by atoms with Crippen LogP contribution in [0.1, 0.15) is 6.92 Å². The molecule has 3 nitrogen and oxygen atoms in total. The van der Waals surface area contributed by atoms with Gasteiger partial charge in [0.05, 0.1) is 10.9 Å². The molecule has 122 valence electrons. The second-order valence-electron chi connectivity index (χ2n) is 5.12. The van der Waals surface area contributed by atoms with Gasteiger partial charge >= 0.3 is 0 Å². The highest BCUT2D eigenvalue weighted by atomic mass is 32.2. The summed E-state index contributed by atoms with van der Waals surface area (Å²) in [7, 11) is 0. The quantitative estimate of drug-likeness (QED) is 0.648. The van der Waals surface area contributed by atoms with E-state index in [1.54, 1.807) is 12.1 Å². The van der Waals surface area contributed by atoms with Gasteiger partial charge in [-0.25, -0.2) is 9.37 Å². The lowest BCUT2D eigenvalue weighted by Gasteiger charge is -2.10. The van der Waals surface area contributed by atoms with Crippen LogP contribution in [0.2, 0.25) is 0 Å². The van der Waals surface area contributed by atoms with E-state index in [2.05, 4.69) is 10.3 Å². The first-order valence-electron chi connectivity index (χ1n) is 7.36. The van der Waals surface area contributed by atoms with Gasteiger partial charge in [0.25, 0.3) is 0 Å². The number of thiazole rings is 1. The maximum Gasteiger partial charge on any atom is 0.237 e. The van der Waals surface area contributed by atoms with Gasteiger partial charge in [0.2, 0.25) is 5.91 Å². The van der Waals surface area contributed by atoms with Gasteiger partial charge in [0.1, 0.15) is 5.82 Å². The summed E-state index contributed by atoms with van der Waals surface area (Å²) in [6.07, 6.45) is 0. The van der Waals surface area contributed by atoms with Crippen molar-refractivity contribution in [3.8, 4) is 11.3 Å². The average molecular weight is 358 g/mol. The van der Waals surface area contributed by atoms with Gasteiger partial charge in [0.15, 0.2) is 4.34 Å². The zero-order chi connectivity index (χ0) is 16.9. The van der Waals surface area contributed by atoms with Crippen molar-refractivity contribution in [3.05, 3.63) is 65.8 Å². The molecule has 0 saturated heterocycles. The number of thioether (sulfide) groups is 1. The Morgan fingerprint density at radius 2 is 2.00 bits per heavy atom. The summed E-state index contributed by atoms with van der Waals surface area (Å²) in [6.45, 7) is 1.81. The van der Waals surface area contributed by atoms with Crippen molar-refractivity contribution in [2.24, 2.45) is 0 Å². The Balaban J connectivity index is 1.63. The van der Waals surface area contributed by atoms with Gasteiger partial charge in [-0.15, -0.1) is 11.3 Å². The first-order valence-corrected chi connectivity index (χ1v) is 9.12. The van der Waals surface area contributed by atoms with E-state index in [1.165, 1.54) is 35.2 Å². The average Bonchev–Trinajstić information content (AvgIpc) is 3.04. The minimum atomic E-state index is -0.375. The molecule has 1 N–H and O–H groups in total. The highest BCUT2D eigenvalue weighted by Crippen LogP contribution is 2.31. The number of hydrogen-bond acceptors (Lipinski definition) is 4. The van der Waals surface area contributed by atoms with Crippen LogP contribution in [0.15, 0.2) is 64.3 Å². The van der Waals surface area contributed by atoms with E-state index in [4.69, 9.17) is 0 Å². The van der Waals surface area contributed by atoms with Crippen molar-refractivity contribution < 1.29 is 9.18 Å². The molecule has 2 aromatic carbocycles. The molecular weight excluding hydrogens is 343 g/mol. The zero-order valence-electron chi connectivity index (χ0n) is 12.9. The normalized spacial score (nSPS) is 11.9. The van der Waals surface area contributed by atoms with Crippen molar-refractivity contribution in [2.75, 3.05) is 5.32 Å². The number of halogens is 1. The third kappa shape index (κ3) is 4.21. The molecule has 0 spiro atoms. The lowest BCUT2D eigenvalue weighted by molar-refractivity contribution is -0.115. The summed E-state index contributed by atoms with van der Waals surface area (Å²) >= 11 is 2.90. The van der Waals surface area contributed by atoms with Gasteiger partial charge < -0.3 is 5.32 Å². The van der Waals surface area contributed by atoms with Crippen molar-refractivity contribution >= 4 is 34.7 Å². The predicted octanol–water partition coefficient (Wildman–Crippen LogP) is 5.07. The number of amides is 1. The largest absolute Gasteiger partial charge is 0.325 e. The molecule has 24 heavy (non-hydrogen) atoms. The van der Waals surface area contributed by atoms with E-state index >= 15 is 0 Å². The molecule has 3 rings (SSSR count). The fraction of sp³-hybridized carbons (Fsp3) is 0.111. The first-order chi connectivity index (χ1) is 11.6. The third-order valence-corrected chi connectivity index (χ3v) is 5.36. The van der Waals surface area contributed by atoms with Crippen LogP contribution in [0.3, 0.4) is 0 Å². The van der Waals surface area contributed by atoms with Crippen LogP contribution in [-0.4, -0.2) is 16.1 Å². The van der Waals surface area contributed by atoms with E-state index in [-0.39, 0.29) is 17.0 Å². The predicted molar refractivity (Wildman–Crippen MR) is 97.9 cm³/mol. The first kappa shape index (κ1) is 16.7. The Morgan fingerprint density at radius 1 is 1.21 bits per heavy atom. The molecule has 1 aromatic heterocycles. The van der Waals surface area contributed by atoms with E-state index in [9.17, 15) is 9.18 Å². The van der Waals surface area contributed by atoms with E-state index < -0.39 is 0 Å². The second kappa shape index (κ2) is 7.59. The fourth-order valence-electron chi connectivity index (χ4n) is 2.07. The Bertz CT molecular complexity index is 836. The molecule has 6 heteroatoms. The van der Waals surface area contributed by atoms with E-state index in [0.29, 0.717) is 5.69 Å². The Hall–Kier alpha value is -2.18. The molecule has 1 unspecified atom stereocenters.